The number of halogens is 2. The van der Waals surface area contributed by atoms with Gasteiger partial charge in [-0.1, -0.05) is 23.7 Å². The topological polar surface area (TPSA) is 55.1 Å². The summed E-state index contributed by atoms with van der Waals surface area (Å²) >= 11 is 6.00. The molecule has 0 saturated heterocycles. The SMILES string of the molecule is Cl.NC1CCC(NC(=O)C2CC2c2cccc(Cl)c2)CC1. The summed E-state index contributed by atoms with van der Waals surface area (Å²) in [5.41, 5.74) is 7.07. The Morgan fingerprint density at radius 3 is 2.62 bits per heavy atom. The fourth-order valence-electron chi connectivity index (χ4n) is 3.16. The van der Waals surface area contributed by atoms with Gasteiger partial charge in [-0.25, -0.2) is 0 Å². The molecule has 1 aromatic rings. The summed E-state index contributed by atoms with van der Waals surface area (Å²) in [5, 5.41) is 3.93. The van der Waals surface area contributed by atoms with Crippen LogP contribution in [0.2, 0.25) is 5.02 Å². The van der Waals surface area contributed by atoms with E-state index in [1.807, 2.05) is 18.2 Å². The first-order valence-corrected chi connectivity index (χ1v) is 7.82. The summed E-state index contributed by atoms with van der Waals surface area (Å²) < 4.78 is 0. The van der Waals surface area contributed by atoms with E-state index in [0.29, 0.717) is 18.0 Å². The highest BCUT2D eigenvalue weighted by atomic mass is 35.5. The minimum absolute atomic E-state index is 0. The lowest BCUT2D eigenvalue weighted by Gasteiger charge is -2.26. The molecule has 2 aliphatic rings. The molecule has 0 aliphatic heterocycles. The molecule has 2 unspecified atom stereocenters. The minimum atomic E-state index is 0. The maximum atomic E-state index is 12.2. The molecule has 1 amide bonds. The van der Waals surface area contributed by atoms with Crippen LogP contribution in [0.25, 0.3) is 0 Å². The van der Waals surface area contributed by atoms with Crippen molar-refractivity contribution in [3.63, 3.8) is 0 Å². The molecule has 3 nitrogen and oxygen atoms in total. The molecule has 2 fully saturated rings. The molecule has 116 valence electrons. The van der Waals surface area contributed by atoms with Gasteiger partial charge in [-0.3, -0.25) is 4.79 Å². The molecular weight excluding hydrogens is 307 g/mol. The van der Waals surface area contributed by atoms with Crippen molar-refractivity contribution in [1.29, 1.82) is 0 Å². The maximum absolute atomic E-state index is 12.2. The van der Waals surface area contributed by atoms with Gasteiger partial charge < -0.3 is 11.1 Å². The Kier molecular flexibility index (Phi) is 5.53. The van der Waals surface area contributed by atoms with Gasteiger partial charge in [-0.05, 0) is 55.7 Å². The van der Waals surface area contributed by atoms with Gasteiger partial charge in [-0.15, -0.1) is 12.4 Å². The summed E-state index contributed by atoms with van der Waals surface area (Å²) in [6.45, 7) is 0. The zero-order valence-electron chi connectivity index (χ0n) is 11.9. The maximum Gasteiger partial charge on any atom is 0.223 e. The molecule has 3 N–H and O–H groups in total. The van der Waals surface area contributed by atoms with Crippen LogP contribution in [0.15, 0.2) is 24.3 Å². The van der Waals surface area contributed by atoms with Crippen LogP contribution in [0, 0.1) is 5.92 Å². The van der Waals surface area contributed by atoms with E-state index in [1.54, 1.807) is 0 Å². The fraction of sp³-hybridized carbons (Fsp3) is 0.562. The molecule has 2 atom stereocenters. The number of carbonyl (C=O) groups is 1. The number of benzene rings is 1. The Bertz CT molecular complexity index is 501. The number of nitrogens with one attached hydrogen (secondary N) is 1. The smallest absolute Gasteiger partial charge is 0.223 e. The van der Waals surface area contributed by atoms with Gasteiger partial charge in [0.1, 0.15) is 0 Å². The predicted octanol–water partition coefficient (Wildman–Crippen LogP) is 3.25. The molecule has 2 aliphatic carbocycles. The molecule has 0 aromatic heterocycles. The number of amides is 1. The van der Waals surface area contributed by atoms with Crippen LogP contribution in [-0.4, -0.2) is 18.0 Å². The largest absolute Gasteiger partial charge is 0.353 e. The first-order chi connectivity index (χ1) is 9.63. The van der Waals surface area contributed by atoms with E-state index >= 15 is 0 Å². The van der Waals surface area contributed by atoms with Crippen molar-refractivity contribution >= 4 is 29.9 Å². The Hall–Kier alpha value is -0.770. The third-order valence-corrected chi connectivity index (χ3v) is 4.76. The predicted molar refractivity (Wildman–Crippen MR) is 87.9 cm³/mol. The van der Waals surface area contributed by atoms with Crippen molar-refractivity contribution in [2.75, 3.05) is 0 Å². The molecule has 5 heteroatoms. The molecular formula is C16H22Cl2N2O. The molecule has 1 aromatic carbocycles. The number of carbonyl (C=O) groups excluding carboxylic acids is 1. The Labute approximate surface area is 137 Å². The van der Waals surface area contributed by atoms with E-state index in [-0.39, 0.29) is 24.2 Å². The van der Waals surface area contributed by atoms with Crippen molar-refractivity contribution in [2.45, 2.75) is 50.1 Å². The second-order valence-corrected chi connectivity index (χ2v) is 6.56. The molecule has 0 spiro atoms. The number of rotatable bonds is 3. The van der Waals surface area contributed by atoms with Crippen LogP contribution in [0.5, 0.6) is 0 Å². The molecule has 3 rings (SSSR count). The van der Waals surface area contributed by atoms with Gasteiger partial charge in [0.15, 0.2) is 0 Å². The minimum Gasteiger partial charge on any atom is -0.353 e. The summed E-state index contributed by atoms with van der Waals surface area (Å²) in [4.78, 5) is 12.2. The number of nitrogens with two attached hydrogens (primary N) is 1. The van der Waals surface area contributed by atoms with Crippen LogP contribution < -0.4 is 11.1 Å². The van der Waals surface area contributed by atoms with E-state index in [9.17, 15) is 4.79 Å². The second kappa shape index (κ2) is 6.99. The molecule has 0 bridgehead atoms. The van der Waals surface area contributed by atoms with Crippen molar-refractivity contribution in [3.8, 4) is 0 Å². The highest BCUT2D eigenvalue weighted by molar-refractivity contribution is 6.30. The van der Waals surface area contributed by atoms with Crippen LogP contribution in [0.1, 0.15) is 43.6 Å². The second-order valence-electron chi connectivity index (χ2n) is 6.12. The first kappa shape index (κ1) is 16.6. The van der Waals surface area contributed by atoms with Gasteiger partial charge in [0.2, 0.25) is 5.91 Å². The summed E-state index contributed by atoms with van der Waals surface area (Å²) in [6, 6.07) is 8.50. The number of hydrogen-bond donors (Lipinski definition) is 2. The summed E-state index contributed by atoms with van der Waals surface area (Å²) in [7, 11) is 0. The van der Waals surface area contributed by atoms with Gasteiger partial charge in [0.05, 0.1) is 0 Å². The van der Waals surface area contributed by atoms with Gasteiger partial charge in [0, 0.05) is 23.0 Å². The quantitative estimate of drug-likeness (QED) is 0.894. The lowest BCUT2D eigenvalue weighted by atomic mass is 9.91. The Morgan fingerprint density at radius 2 is 1.95 bits per heavy atom. The molecule has 0 radical (unpaired) electrons. The lowest BCUT2D eigenvalue weighted by molar-refractivity contribution is -0.123. The summed E-state index contributed by atoms with van der Waals surface area (Å²) in [5.74, 6) is 0.680. The average Bonchev–Trinajstić information content (AvgIpc) is 3.22. The highest BCUT2D eigenvalue weighted by Crippen LogP contribution is 2.48. The van der Waals surface area contributed by atoms with Crippen molar-refractivity contribution in [3.05, 3.63) is 34.9 Å². The van der Waals surface area contributed by atoms with Crippen LogP contribution in [-0.2, 0) is 4.79 Å². The zero-order valence-corrected chi connectivity index (χ0v) is 13.5. The standard InChI is InChI=1S/C16H21ClN2O.ClH/c17-11-3-1-2-10(8-11)14-9-15(14)16(20)19-13-6-4-12(18)5-7-13;/h1-3,8,12-15H,4-7,9,18H2,(H,19,20);1H. The zero-order chi connectivity index (χ0) is 14.1. The average molecular weight is 329 g/mol. The molecule has 21 heavy (non-hydrogen) atoms. The Morgan fingerprint density at radius 1 is 1.24 bits per heavy atom. The third kappa shape index (κ3) is 4.12. The van der Waals surface area contributed by atoms with Crippen molar-refractivity contribution in [1.82, 2.24) is 5.32 Å². The van der Waals surface area contributed by atoms with Gasteiger partial charge >= 0.3 is 0 Å². The van der Waals surface area contributed by atoms with E-state index in [1.165, 1.54) is 5.56 Å². The summed E-state index contributed by atoms with van der Waals surface area (Å²) in [6.07, 6.45) is 5.02. The lowest BCUT2D eigenvalue weighted by Crippen LogP contribution is -2.41. The van der Waals surface area contributed by atoms with Crippen LogP contribution >= 0.6 is 24.0 Å². The van der Waals surface area contributed by atoms with Crippen LogP contribution in [0.3, 0.4) is 0 Å². The van der Waals surface area contributed by atoms with E-state index < -0.39 is 0 Å². The van der Waals surface area contributed by atoms with E-state index in [2.05, 4.69) is 11.4 Å². The van der Waals surface area contributed by atoms with E-state index in [0.717, 1.165) is 37.1 Å². The normalized spacial score (nSPS) is 31.1. The fourth-order valence-corrected chi connectivity index (χ4v) is 3.36. The van der Waals surface area contributed by atoms with Crippen molar-refractivity contribution < 1.29 is 4.79 Å². The third-order valence-electron chi connectivity index (χ3n) is 4.52. The van der Waals surface area contributed by atoms with Crippen molar-refractivity contribution in [2.24, 2.45) is 11.7 Å². The van der Waals surface area contributed by atoms with E-state index in [4.69, 9.17) is 17.3 Å². The monoisotopic (exact) mass is 328 g/mol. The molecule has 0 heterocycles. The Balaban J connectivity index is 0.00000161. The number of hydrogen-bond acceptors (Lipinski definition) is 2. The van der Waals surface area contributed by atoms with Crippen LogP contribution in [0.4, 0.5) is 0 Å². The highest BCUT2D eigenvalue weighted by Gasteiger charge is 2.44. The molecule has 2 saturated carbocycles. The van der Waals surface area contributed by atoms with Gasteiger partial charge in [-0.2, -0.15) is 0 Å². The van der Waals surface area contributed by atoms with Gasteiger partial charge in [0.25, 0.3) is 0 Å². The first-order valence-electron chi connectivity index (χ1n) is 7.45.